The van der Waals surface area contributed by atoms with Gasteiger partial charge in [-0.25, -0.2) is 15.0 Å². The highest BCUT2D eigenvalue weighted by Crippen LogP contribution is 2.29. The SMILES string of the molecule is Cc1ccc(-c2nc(-c3ccc(C(C)(C)C)cc3)nc(-c3ccc(C(C)(C)C)cc3)n2)cc1. The lowest BCUT2D eigenvalue weighted by molar-refractivity contribution is 0.590. The van der Waals surface area contributed by atoms with Crippen LogP contribution in [0.25, 0.3) is 34.2 Å². The van der Waals surface area contributed by atoms with E-state index in [0.717, 1.165) is 16.7 Å². The summed E-state index contributed by atoms with van der Waals surface area (Å²) < 4.78 is 0. The molecule has 0 saturated heterocycles. The maximum Gasteiger partial charge on any atom is 0.164 e. The van der Waals surface area contributed by atoms with Gasteiger partial charge in [-0.2, -0.15) is 0 Å². The van der Waals surface area contributed by atoms with Crippen LogP contribution in [0.1, 0.15) is 58.2 Å². The lowest BCUT2D eigenvalue weighted by Crippen LogP contribution is -2.10. The van der Waals surface area contributed by atoms with Crippen molar-refractivity contribution in [2.45, 2.75) is 59.3 Å². The Morgan fingerprint density at radius 3 is 0.970 bits per heavy atom. The molecule has 0 bridgehead atoms. The summed E-state index contributed by atoms with van der Waals surface area (Å²) in [5.74, 6) is 2.07. The molecule has 4 rings (SSSR count). The quantitative estimate of drug-likeness (QED) is 0.330. The van der Waals surface area contributed by atoms with Gasteiger partial charge in [-0.15, -0.1) is 0 Å². The highest BCUT2D eigenvalue weighted by atomic mass is 15.0. The number of rotatable bonds is 3. The Morgan fingerprint density at radius 1 is 0.424 bits per heavy atom. The molecule has 0 aliphatic heterocycles. The topological polar surface area (TPSA) is 38.7 Å². The van der Waals surface area contributed by atoms with E-state index in [9.17, 15) is 0 Å². The third kappa shape index (κ3) is 5.19. The van der Waals surface area contributed by atoms with Crippen molar-refractivity contribution in [1.29, 1.82) is 0 Å². The number of hydrogen-bond donors (Lipinski definition) is 0. The second-order valence-corrected chi connectivity index (χ2v) is 10.8. The molecule has 0 saturated carbocycles. The van der Waals surface area contributed by atoms with Crippen molar-refractivity contribution in [3.8, 4) is 34.2 Å². The Bertz CT molecular complexity index is 1160. The molecule has 0 fully saturated rings. The first-order valence-corrected chi connectivity index (χ1v) is 11.6. The van der Waals surface area contributed by atoms with E-state index in [2.05, 4.69) is 121 Å². The van der Waals surface area contributed by atoms with Crippen LogP contribution in [0.15, 0.2) is 72.8 Å². The summed E-state index contributed by atoms with van der Waals surface area (Å²) in [5, 5.41) is 0. The Labute approximate surface area is 198 Å². The molecule has 1 heterocycles. The maximum atomic E-state index is 4.88. The van der Waals surface area contributed by atoms with Crippen LogP contribution in [0.4, 0.5) is 0 Å². The van der Waals surface area contributed by atoms with Crippen molar-refractivity contribution in [2.75, 3.05) is 0 Å². The highest BCUT2D eigenvalue weighted by molar-refractivity contribution is 5.67. The minimum atomic E-state index is 0.102. The van der Waals surface area contributed by atoms with E-state index in [1.54, 1.807) is 0 Å². The zero-order chi connectivity index (χ0) is 23.8. The van der Waals surface area contributed by atoms with E-state index in [1.807, 2.05) is 0 Å². The van der Waals surface area contributed by atoms with Crippen LogP contribution in [0.3, 0.4) is 0 Å². The summed E-state index contributed by atoms with van der Waals surface area (Å²) in [6.45, 7) is 15.4. The van der Waals surface area contributed by atoms with Crippen LogP contribution in [-0.2, 0) is 10.8 Å². The standard InChI is InChI=1S/C30H33N3/c1-20-8-10-21(11-9-20)26-31-27(22-12-16-24(17-13-22)29(2,3)4)33-28(32-26)23-14-18-25(19-15-23)30(5,6)7/h8-19H,1-7H3. The van der Waals surface area contributed by atoms with Crippen LogP contribution in [-0.4, -0.2) is 15.0 Å². The third-order valence-corrected chi connectivity index (χ3v) is 5.96. The van der Waals surface area contributed by atoms with Crippen molar-refractivity contribution >= 4 is 0 Å². The van der Waals surface area contributed by atoms with Gasteiger partial charge >= 0.3 is 0 Å². The molecule has 1 aromatic heterocycles. The van der Waals surface area contributed by atoms with Gasteiger partial charge in [0.2, 0.25) is 0 Å². The summed E-state index contributed by atoms with van der Waals surface area (Å²) in [5.41, 5.74) is 6.97. The minimum absolute atomic E-state index is 0.102. The van der Waals surface area contributed by atoms with Gasteiger partial charge in [-0.05, 0) is 28.9 Å². The van der Waals surface area contributed by atoms with E-state index >= 15 is 0 Å². The lowest BCUT2D eigenvalue weighted by atomic mass is 9.86. The van der Waals surface area contributed by atoms with Gasteiger partial charge in [0.05, 0.1) is 0 Å². The predicted molar refractivity (Wildman–Crippen MR) is 138 cm³/mol. The molecule has 4 aromatic rings. The second kappa shape index (κ2) is 8.55. The van der Waals surface area contributed by atoms with Crippen LogP contribution >= 0.6 is 0 Å². The molecule has 0 aliphatic carbocycles. The van der Waals surface area contributed by atoms with Crippen molar-refractivity contribution in [3.05, 3.63) is 89.5 Å². The molecule has 168 valence electrons. The summed E-state index contributed by atoms with van der Waals surface area (Å²) in [4.78, 5) is 14.6. The van der Waals surface area contributed by atoms with Crippen LogP contribution in [0.2, 0.25) is 0 Å². The molecule has 0 spiro atoms. The fraction of sp³-hybridized carbons (Fsp3) is 0.300. The Kier molecular flexibility index (Phi) is 5.92. The summed E-state index contributed by atoms with van der Waals surface area (Å²) in [6, 6.07) is 25.5. The number of aryl methyl sites for hydroxylation is 1. The maximum absolute atomic E-state index is 4.88. The second-order valence-electron chi connectivity index (χ2n) is 10.8. The lowest BCUT2D eigenvalue weighted by Gasteiger charge is -2.19. The fourth-order valence-corrected chi connectivity index (χ4v) is 3.70. The average Bonchev–Trinajstić information content (AvgIpc) is 2.78. The molecule has 0 radical (unpaired) electrons. The molecule has 33 heavy (non-hydrogen) atoms. The van der Waals surface area contributed by atoms with Gasteiger partial charge < -0.3 is 0 Å². The van der Waals surface area contributed by atoms with Crippen LogP contribution in [0.5, 0.6) is 0 Å². The van der Waals surface area contributed by atoms with Crippen molar-refractivity contribution in [1.82, 2.24) is 15.0 Å². The Balaban J connectivity index is 1.83. The van der Waals surface area contributed by atoms with Gasteiger partial charge in [0.15, 0.2) is 17.5 Å². The number of hydrogen-bond acceptors (Lipinski definition) is 3. The first kappa shape index (κ1) is 22.8. The number of nitrogens with zero attached hydrogens (tertiary/aromatic N) is 3. The Hall–Kier alpha value is -3.33. The zero-order valence-corrected chi connectivity index (χ0v) is 20.8. The molecular weight excluding hydrogens is 402 g/mol. The van der Waals surface area contributed by atoms with Gasteiger partial charge in [-0.1, -0.05) is 120 Å². The normalized spacial score (nSPS) is 12.1. The molecule has 3 heteroatoms. The average molecular weight is 436 g/mol. The van der Waals surface area contributed by atoms with Crippen molar-refractivity contribution < 1.29 is 0 Å². The van der Waals surface area contributed by atoms with E-state index in [0.29, 0.717) is 17.5 Å². The van der Waals surface area contributed by atoms with E-state index in [1.165, 1.54) is 16.7 Å². The summed E-state index contributed by atoms with van der Waals surface area (Å²) in [6.07, 6.45) is 0. The smallest absolute Gasteiger partial charge is 0.164 e. The monoisotopic (exact) mass is 435 g/mol. The number of benzene rings is 3. The molecular formula is C30H33N3. The summed E-state index contributed by atoms with van der Waals surface area (Å²) in [7, 11) is 0. The van der Waals surface area contributed by atoms with Crippen LogP contribution in [0, 0.1) is 6.92 Å². The largest absolute Gasteiger partial charge is 0.208 e. The molecule has 0 aliphatic rings. The highest BCUT2D eigenvalue weighted by Gasteiger charge is 2.17. The fourth-order valence-electron chi connectivity index (χ4n) is 3.70. The number of aromatic nitrogens is 3. The molecule has 3 nitrogen and oxygen atoms in total. The summed E-state index contributed by atoms with van der Waals surface area (Å²) >= 11 is 0. The molecule has 3 aromatic carbocycles. The van der Waals surface area contributed by atoms with E-state index in [-0.39, 0.29) is 10.8 Å². The molecule has 0 unspecified atom stereocenters. The molecule has 0 N–H and O–H groups in total. The van der Waals surface area contributed by atoms with E-state index < -0.39 is 0 Å². The Morgan fingerprint density at radius 2 is 0.697 bits per heavy atom. The molecule has 0 atom stereocenters. The first-order chi connectivity index (χ1) is 15.5. The van der Waals surface area contributed by atoms with Gasteiger partial charge in [0, 0.05) is 16.7 Å². The van der Waals surface area contributed by atoms with Gasteiger partial charge in [0.25, 0.3) is 0 Å². The molecule has 0 amide bonds. The van der Waals surface area contributed by atoms with E-state index in [4.69, 9.17) is 15.0 Å². The van der Waals surface area contributed by atoms with Crippen LogP contribution < -0.4 is 0 Å². The minimum Gasteiger partial charge on any atom is -0.208 e. The van der Waals surface area contributed by atoms with Crippen molar-refractivity contribution in [3.63, 3.8) is 0 Å². The zero-order valence-electron chi connectivity index (χ0n) is 20.8. The van der Waals surface area contributed by atoms with Gasteiger partial charge in [-0.3, -0.25) is 0 Å². The predicted octanol–water partition coefficient (Wildman–Crippen LogP) is 7.78. The van der Waals surface area contributed by atoms with Crippen molar-refractivity contribution in [2.24, 2.45) is 0 Å². The first-order valence-electron chi connectivity index (χ1n) is 11.6. The third-order valence-electron chi connectivity index (χ3n) is 5.96. The van der Waals surface area contributed by atoms with Gasteiger partial charge in [0.1, 0.15) is 0 Å².